The topological polar surface area (TPSA) is 44.8 Å². The number of nitrogens with one attached hydrogen (secondary N) is 1. The SMILES string of the molecule is CN(C)c1ccc(CNCCC(=O)N2CCOCC2)cc1. The van der Waals surface area contributed by atoms with E-state index in [9.17, 15) is 4.79 Å². The Balaban J connectivity index is 1.66. The van der Waals surface area contributed by atoms with E-state index in [1.54, 1.807) is 0 Å². The number of carbonyl (C=O) groups excluding carboxylic acids is 1. The van der Waals surface area contributed by atoms with Crippen LogP contribution in [0.2, 0.25) is 0 Å². The van der Waals surface area contributed by atoms with E-state index in [4.69, 9.17) is 4.74 Å². The number of benzene rings is 1. The maximum Gasteiger partial charge on any atom is 0.224 e. The van der Waals surface area contributed by atoms with E-state index in [1.165, 1.54) is 11.3 Å². The Bertz CT molecular complexity index is 439. The third-order valence-electron chi connectivity index (χ3n) is 3.66. The molecule has 0 bridgehead atoms. The maximum absolute atomic E-state index is 12.0. The van der Waals surface area contributed by atoms with E-state index in [1.807, 2.05) is 19.0 Å². The Labute approximate surface area is 126 Å². The van der Waals surface area contributed by atoms with Crippen LogP contribution in [0.1, 0.15) is 12.0 Å². The van der Waals surface area contributed by atoms with E-state index in [0.29, 0.717) is 26.2 Å². The minimum absolute atomic E-state index is 0.216. The number of carbonyl (C=O) groups is 1. The molecule has 1 heterocycles. The highest BCUT2D eigenvalue weighted by Crippen LogP contribution is 2.11. The smallest absolute Gasteiger partial charge is 0.224 e. The monoisotopic (exact) mass is 291 g/mol. The van der Waals surface area contributed by atoms with Crippen molar-refractivity contribution >= 4 is 11.6 Å². The maximum atomic E-state index is 12.0. The quantitative estimate of drug-likeness (QED) is 0.797. The molecule has 1 aromatic rings. The zero-order chi connectivity index (χ0) is 15.1. The van der Waals surface area contributed by atoms with Crippen LogP contribution in [0.3, 0.4) is 0 Å². The Morgan fingerprint density at radius 3 is 2.52 bits per heavy atom. The molecule has 21 heavy (non-hydrogen) atoms. The molecule has 1 aliphatic heterocycles. The number of morpholine rings is 1. The summed E-state index contributed by atoms with van der Waals surface area (Å²) in [7, 11) is 4.06. The van der Waals surface area contributed by atoms with Gasteiger partial charge in [-0.1, -0.05) is 12.1 Å². The number of rotatable bonds is 6. The van der Waals surface area contributed by atoms with Crippen molar-refractivity contribution in [1.82, 2.24) is 10.2 Å². The molecule has 1 N–H and O–H groups in total. The normalized spacial score (nSPS) is 15.0. The molecule has 1 saturated heterocycles. The molecule has 0 aromatic heterocycles. The fourth-order valence-corrected chi connectivity index (χ4v) is 2.31. The fourth-order valence-electron chi connectivity index (χ4n) is 2.31. The summed E-state index contributed by atoms with van der Waals surface area (Å²) in [5.41, 5.74) is 2.43. The minimum Gasteiger partial charge on any atom is -0.378 e. The van der Waals surface area contributed by atoms with Gasteiger partial charge in [0.2, 0.25) is 5.91 Å². The Kier molecular flexibility index (Phi) is 6.02. The van der Waals surface area contributed by atoms with Gasteiger partial charge in [0.15, 0.2) is 0 Å². The van der Waals surface area contributed by atoms with Crippen molar-refractivity contribution in [2.24, 2.45) is 0 Å². The summed E-state index contributed by atoms with van der Waals surface area (Å²) in [6.45, 7) is 4.29. The van der Waals surface area contributed by atoms with Crippen LogP contribution in [-0.2, 0) is 16.1 Å². The predicted octanol–water partition coefficient (Wildman–Crippen LogP) is 1.09. The van der Waals surface area contributed by atoms with E-state index >= 15 is 0 Å². The van der Waals surface area contributed by atoms with Gasteiger partial charge >= 0.3 is 0 Å². The second-order valence-corrected chi connectivity index (χ2v) is 5.48. The molecule has 5 nitrogen and oxygen atoms in total. The van der Waals surface area contributed by atoms with Gasteiger partial charge in [0, 0.05) is 52.4 Å². The van der Waals surface area contributed by atoms with Crippen molar-refractivity contribution in [1.29, 1.82) is 0 Å². The number of anilines is 1. The van der Waals surface area contributed by atoms with E-state index in [2.05, 4.69) is 34.5 Å². The number of amides is 1. The number of ether oxygens (including phenoxy) is 1. The molecule has 1 amide bonds. The Morgan fingerprint density at radius 2 is 1.90 bits per heavy atom. The van der Waals surface area contributed by atoms with Crippen molar-refractivity contribution in [2.75, 3.05) is 51.8 Å². The third kappa shape index (κ3) is 5.02. The lowest BCUT2D eigenvalue weighted by atomic mass is 10.2. The highest BCUT2D eigenvalue weighted by atomic mass is 16.5. The summed E-state index contributed by atoms with van der Waals surface area (Å²) in [4.78, 5) is 15.9. The third-order valence-corrected chi connectivity index (χ3v) is 3.66. The molecular weight excluding hydrogens is 266 g/mol. The molecule has 0 unspecified atom stereocenters. The second-order valence-electron chi connectivity index (χ2n) is 5.48. The van der Waals surface area contributed by atoms with Gasteiger partial charge < -0.3 is 19.9 Å². The van der Waals surface area contributed by atoms with Crippen LogP contribution >= 0.6 is 0 Å². The number of hydrogen-bond donors (Lipinski definition) is 1. The van der Waals surface area contributed by atoms with Gasteiger partial charge in [0.05, 0.1) is 13.2 Å². The molecule has 1 aromatic carbocycles. The molecule has 5 heteroatoms. The largest absolute Gasteiger partial charge is 0.378 e. The van der Waals surface area contributed by atoms with Gasteiger partial charge in [-0.3, -0.25) is 4.79 Å². The van der Waals surface area contributed by atoms with Crippen LogP contribution < -0.4 is 10.2 Å². The van der Waals surface area contributed by atoms with Crippen LogP contribution in [-0.4, -0.2) is 57.8 Å². The van der Waals surface area contributed by atoms with E-state index < -0.39 is 0 Å². The fraction of sp³-hybridized carbons (Fsp3) is 0.562. The Hall–Kier alpha value is -1.59. The van der Waals surface area contributed by atoms with Gasteiger partial charge in [-0.2, -0.15) is 0 Å². The second kappa shape index (κ2) is 8.00. The number of nitrogens with zero attached hydrogens (tertiary/aromatic N) is 2. The average Bonchev–Trinajstić information content (AvgIpc) is 2.52. The molecule has 0 atom stereocenters. The standard InChI is InChI=1S/C16H25N3O2/c1-18(2)15-5-3-14(4-6-15)13-17-8-7-16(20)19-9-11-21-12-10-19/h3-6,17H,7-13H2,1-2H3. The highest BCUT2D eigenvalue weighted by molar-refractivity contribution is 5.76. The lowest BCUT2D eigenvalue weighted by Crippen LogP contribution is -2.41. The van der Waals surface area contributed by atoms with Gasteiger partial charge in [0.1, 0.15) is 0 Å². The van der Waals surface area contributed by atoms with Crippen molar-refractivity contribution in [3.63, 3.8) is 0 Å². The van der Waals surface area contributed by atoms with Gasteiger partial charge in [0.25, 0.3) is 0 Å². The first-order valence-corrected chi connectivity index (χ1v) is 7.49. The first-order chi connectivity index (χ1) is 10.2. The first-order valence-electron chi connectivity index (χ1n) is 7.49. The van der Waals surface area contributed by atoms with Crippen LogP contribution in [0.25, 0.3) is 0 Å². The van der Waals surface area contributed by atoms with Crippen molar-refractivity contribution in [3.05, 3.63) is 29.8 Å². The van der Waals surface area contributed by atoms with Crippen molar-refractivity contribution in [3.8, 4) is 0 Å². The average molecular weight is 291 g/mol. The van der Waals surface area contributed by atoms with Crippen LogP contribution in [0.5, 0.6) is 0 Å². The summed E-state index contributed by atoms with van der Waals surface area (Å²) in [5.74, 6) is 0.216. The highest BCUT2D eigenvalue weighted by Gasteiger charge is 2.15. The minimum atomic E-state index is 0.216. The first kappa shape index (κ1) is 15.8. The molecule has 0 saturated carbocycles. The predicted molar refractivity (Wildman–Crippen MR) is 84.5 cm³/mol. The summed E-state index contributed by atoms with van der Waals surface area (Å²) < 4.78 is 5.25. The molecule has 116 valence electrons. The lowest BCUT2D eigenvalue weighted by Gasteiger charge is -2.26. The molecule has 0 radical (unpaired) electrons. The summed E-state index contributed by atoms with van der Waals surface area (Å²) in [6.07, 6.45) is 0.551. The summed E-state index contributed by atoms with van der Waals surface area (Å²) in [6, 6.07) is 8.45. The zero-order valence-corrected chi connectivity index (χ0v) is 13.0. The molecule has 0 aliphatic carbocycles. The van der Waals surface area contributed by atoms with Crippen LogP contribution in [0, 0.1) is 0 Å². The molecule has 0 spiro atoms. The number of hydrogen-bond acceptors (Lipinski definition) is 4. The summed E-state index contributed by atoms with van der Waals surface area (Å²) >= 11 is 0. The molecular formula is C16H25N3O2. The van der Waals surface area contributed by atoms with Gasteiger partial charge in [-0.25, -0.2) is 0 Å². The van der Waals surface area contributed by atoms with Gasteiger partial charge in [-0.05, 0) is 17.7 Å². The molecule has 2 rings (SSSR count). The van der Waals surface area contributed by atoms with Crippen molar-refractivity contribution < 1.29 is 9.53 Å². The molecule has 1 fully saturated rings. The van der Waals surface area contributed by atoms with Gasteiger partial charge in [-0.15, -0.1) is 0 Å². The van der Waals surface area contributed by atoms with Crippen LogP contribution in [0.4, 0.5) is 5.69 Å². The van der Waals surface area contributed by atoms with E-state index in [0.717, 1.165) is 19.6 Å². The zero-order valence-electron chi connectivity index (χ0n) is 13.0. The van der Waals surface area contributed by atoms with Crippen LogP contribution in [0.15, 0.2) is 24.3 Å². The lowest BCUT2D eigenvalue weighted by molar-refractivity contribution is -0.135. The Morgan fingerprint density at radius 1 is 1.24 bits per heavy atom. The summed E-state index contributed by atoms with van der Waals surface area (Å²) in [5, 5.41) is 3.33. The van der Waals surface area contributed by atoms with E-state index in [-0.39, 0.29) is 5.91 Å². The molecule has 1 aliphatic rings. The van der Waals surface area contributed by atoms with Crippen molar-refractivity contribution in [2.45, 2.75) is 13.0 Å².